The molecular formula is C27H33N3O6S. The van der Waals surface area contributed by atoms with Crippen molar-refractivity contribution in [2.45, 2.75) is 50.5 Å². The maximum atomic E-state index is 13.3. The highest BCUT2D eigenvalue weighted by Crippen LogP contribution is 2.28. The van der Waals surface area contributed by atoms with Crippen LogP contribution in [0.25, 0.3) is 0 Å². The average Bonchev–Trinajstić information content (AvgIpc) is 3.39. The highest BCUT2D eigenvalue weighted by Gasteiger charge is 2.39. The highest BCUT2D eigenvalue weighted by atomic mass is 32.2. The molecule has 1 unspecified atom stereocenters. The van der Waals surface area contributed by atoms with Gasteiger partial charge in [-0.25, -0.2) is 13.2 Å². The monoisotopic (exact) mass is 527 g/mol. The zero-order valence-electron chi connectivity index (χ0n) is 21.2. The van der Waals surface area contributed by atoms with E-state index in [2.05, 4.69) is 5.32 Å². The van der Waals surface area contributed by atoms with Crippen LogP contribution in [0, 0.1) is 12.8 Å². The normalized spacial score (nSPS) is 19.0. The number of carbonyl (C=O) groups is 3. The molecule has 0 spiro atoms. The van der Waals surface area contributed by atoms with E-state index in [0.717, 1.165) is 12.0 Å². The molecule has 1 atom stereocenters. The number of rotatable bonds is 7. The number of aryl methyl sites for hydroxylation is 1. The number of anilines is 1. The summed E-state index contributed by atoms with van der Waals surface area (Å²) >= 11 is 0. The number of hydrogen-bond donors (Lipinski definition) is 1. The molecule has 2 aromatic carbocycles. The summed E-state index contributed by atoms with van der Waals surface area (Å²) in [6, 6.07) is 12.6. The third kappa shape index (κ3) is 6.02. The maximum Gasteiger partial charge on any atom is 0.338 e. The fourth-order valence-electron chi connectivity index (χ4n) is 4.87. The molecule has 9 nitrogen and oxygen atoms in total. The Labute approximate surface area is 217 Å². The van der Waals surface area contributed by atoms with E-state index in [1.54, 1.807) is 60.4 Å². The summed E-state index contributed by atoms with van der Waals surface area (Å²) in [7, 11) is -3.60. The number of piperidine rings is 1. The lowest BCUT2D eigenvalue weighted by Crippen LogP contribution is -2.48. The predicted molar refractivity (Wildman–Crippen MR) is 138 cm³/mol. The molecule has 2 heterocycles. The molecule has 0 aliphatic carbocycles. The first-order chi connectivity index (χ1) is 17.7. The third-order valence-corrected chi connectivity index (χ3v) is 8.88. The van der Waals surface area contributed by atoms with Crippen LogP contribution in [-0.2, 0) is 24.3 Å². The molecule has 0 bridgehead atoms. The van der Waals surface area contributed by atoms with Crippen molar-refractivity contribution in [1.82, 2.24) is 9.21 Å². The second-order valence-corrected chi connectivity index (χ2v) is 11.4. The number of nitrogens with one attached hydrogen (secondary N) is 1. The van der Waals surface area contributed by atoms with Gasteiger partial charge in [-0.1, -0.05) is 17.7 Å². The van der Waals surface area contributed by atoms with Gasteiger partial charge < -0.3 is 15.0 Å². The number of esters is 1. The molecule has 4 rings (SSSR count). The van der Waals surface area contributed by atoms with Crippen LogP contribution in [0.2, 0.25) is 0 Å². The van der Waals surface area contributed by atoms with Gasteiger partial charge in [0, 0.05) is 31.2 Å². The first kappa shape index (κ1) is 26.8. The van der Waals surface area contributed by atoms with Gasteiger partial charge in [0.15, 0.2) is 0 Å². The van der Waals surface area contributed by atoms with Gasteiger partial charge in [-0.15, -0.1) is 0 Å². The number of carbonyl (C=O) groups excluding carboxylic acids is 3. The summed E-state index contributed by atoms with van der Waals surface area (Å²) in [6.07, 6.45) is 2.14. The third-order valence-electron chi connectivity index (χ3n) is 6.96. The molecule has 37 heavy (non-hydrogen) atoms. The smallest absolute Gasteiger partial charge is 0.338 e. The number of benzene rings is 2. The van der Waals surface area contributed by atoms with Crippen LogP contribution in [0.4, 0.5) is 5.69 Å². The van der Waals surface area contributed by atoms with E-state index in [4.69, 9.17) is 4.74 Å². The van der Waals surface area contributed by atoms with E-state index in [1.165, 1.54) is 4.31 Å². The maximum absolute atomic E-state index is 13.3. The van der Waals surface area contributed by atoms with Gasteiger partial charge in [-0.05, 0) is 75.9 Å². The molecule has 2 saturated heterocycles. The van der Waals surface area contributed by atoms with Gasteiger partial charge >= 0.3 is 5.97 Å². The Morgan fingerprint density at radius 2 is 1.59 bits per heavy atom. The van der Waals surface area contributed by atoms with Crippen LogP contribution in [0.5, 0.6) is 0 Å². The van der Waals surface area contributed by atoms with Crippen LogP contribution in [0.15, 0.2) is 53.4 Å². The van der Waals surface area contributed by atoms with Crippen LogP contribution < -0.4 is 5.32 Å². The fraction of sp³-hybridized carbons (Fsp3) is 0.444. The standard InChI is InChI=1S/C27H33N3O6S/c1-3-36-27(33)21-8-10-22(11-9-21)28-25(31)24-5-4-16-30(24)26(32)20-14-17-29(18-15-20)37(34,35)23-12-6-19(2)7-13-23/h6-13,20,24H,3-5,14-18H2,1-2H3,(H,28,31). The second-order valence-electron chi connectivity index (χ2n) is 9.47. The lowest BCUT2D eigenvalue weighted by Gasteiger charge is -2.34. The number of likely N-dealkylation sites (tertiary alicyclic amines) is 1. The van der Waals surface area contributed by atoms with Crippen molar-refractivity contribution < 1.29 is 27.5 Å². The summed E-state index contributed by atoms with van der Waals surface area (Å²) in [4.78, 5) is 40.1. The number of ether oxygens (including phenoxy) is 1. The lowest BCUT2D eigenvalue weighted by molar-refractivity contribution is -0.141. The van der Waals surface area contributed by atoms with E-state index < -0.39 is 22.0 Å². The Balaban J connectivity index is 1.34. The minimum Gasteiger partial charge on any atom is -0.462 e. The van der Waals surface area contributed by atoms with E-state index in [0.29, 0.717) is 37.1 Å². The molecule has 1 N–H and O–H groups in total. The molecule has 10 heteroatoms. The largest absolute Gasteiger partial charge is 0.462 e. The van der Waals surface area contributed by atoms with Crippen LogP contribution in [0.1, 0.15) is 48.5 Å². The van der Waals surface area contributed by atoms with Crippen molar-refractivity contribution in [2.24, 2.45) is 5.92 Å². The van der Waals surface area contributed by atoms with Gasteiger partial charge in [0.05, 0.1) is 17.1 Å². The van der Waals surface area contributed by atoms with Crippen molar-refractivity contribution >= 4 is 33.5 Å². The Kier molecular flexibility index (Phi) is 8.29. The Morgan fingerprint density at radius 1 is 0.946 bits per heavy atom. The predicted octanol–water partition coefficient (Wildman–Crippen LogP) is 3.20. The van der Waals surface area contributed by atoms with E-state index in [1.807, 2.05) is 6.92 Å². The number of amides is 2. The summed E-state index contributed by atoms with van der Waals surface area (Å²) in [5, 5.41) is 2.85. The van der Waals surface area contributed by atoms with Gasteiger partial charge in [-0.3, -0.25) is 9.59 Å². The Morgan fingerprint density at radius 3 is 2.22 bits per heavy atom. The van der Waals surface area contributed by atoms with Gasteiger partial charge in [0.1, 0.15) is 6.04 Å². The molecule has 2 aliphatic rings. The quantitative estimate of drug-likeness (QED) is 0.554. The number of hydrogen-bond acceptors (Lipinski definition) is 6. The van der Waals surface area contributed by atoms with Crippen LogP contribution in [0.3, 0.4) is 0 Å². The summed E-state index contributed by atoms with van der Waals surface area (Å²) < 4.78 is 32.4. The van der Waals surface area contributed by atoms with Gasteiger partial charge in [0.25, 0.3) is 0 Å². The number of nitrogens with zero attached hydrogens (tertiary/aromatic N) is 2. The van der Waals surface area contributed by atoms with Crippen molar-refractivity contribution in [3.05, 3.63) is 59.7 Å². The minimum absolute atomic E-state index is 0.0947. The van der Waals surface area contributed by atoms with E-state index in [9.17, 15) is 22.8 Å². The van der Waals surface area contributed by atoms with Gasteiger partial charge in [0.2, 0.25) is 21.8 Å². The molecule has 0 radical (unpaired) electrons. The second kappa shape index (κ2) is 11.4. The summed E-state index contributed by atoms with van der Waals surface area (Å²) in [5.41, 5.74) is 1.92. The molecule has 0 aromatic heterocycles. The fourth-order valence-corrected chi connectivity index (χ4v) is 6.34. The minimum atomic E-state index is -3.60. The Hall–Kier alpha value is -3.24. The van der Waals surface area contributed by atoms with E-state index in [-0.39, 0.29) is 42.3 Å². The van der Waals surface area contributed by atoms with Crippen LogP contribution in [-0.4, -0.2) is 67.7 Å². The highest BCUT2D eigenvalue weighted by molar-refractivity contribution is 7.89. The molecule has 2 amide bonds. The average molecular weight is 528 g/mol. The summed E-state index contributed by atoms with van der Waals surface area (Å²) in [5.74, 6) is -1.11. The lowest BCUT2D eigenvalue weighted by atomic mass is 9.96. The molecule has 198 valence electrons. The van der Waals surface area contributed by atoms with E-state index >= 15 is 0 Å². The summed E-state index contributed by atoms with van der Waals surface area (Å²) in [6.45, 7) is 4.96. The van der Waals surface area contributed by atoms with Gasteiger partial charge in [-0.2, -0.15) is 4.31 Å². The zero-order valence-corrected chi connectivity index (χ0v) is 22.0. The molecule has 2 aliphatic heterocycles. The van der Waals surface area contributed by atoms with Crippen molar-refractivity contribution in [3.8, 4) is 0 Å². The Bertz CT molecular complexity index is 1240. The first-order valence-electron chi connectivity index (χ1n) is 12.7. The first-order valence-corrected chi connectivity index (χ1v) is 14.1. The molecule has 0 saturated carbocycles. The number of sulfonamides is 1. The van der Waals surface area contributed by atoms with Crippen molar-refractivity contribution in [2.75, 3.05) is 31.6 Å². The topological polar surface area (TPSA) is 113 Å². The van der Waals surface area contributed by atoms with Crippen molar-refractivity contribution in [1.29, 1.82) is 0 Å². The van der Waals surface area contributed by atoms with Crippen molar-refractivity contribution in [3.63, 3.8) is 0 Å². The molecular weight excluding hydrogens is 494 g/mol. The van der Waals surface area contributed by atoms with Crippen LogP contribution >= 0.6 is 0 Å². The zero-order chi connectivity index (χ0) is 26.6. The molecule has 2 aromatic rings. The SMILES string of the molecule is CCOC(=O)c1ccc(NC(=O)C2CCCN2C(=O)C2CCN(S(=O)(=O)c3ccc(C)cc3)CC2)cc1. The molecule has 2 fully saturated rings.